The molecule has 0 saturated carbocycles. The molecule has 1 saturated heterocycles. The largest absolute Gasteiger partial charge is 0.508 e. The van der Waals surface area contributed by atoms with Crippen molar-refractivity contribution in [3.63, 3.8) is 0 Å². The summed E-state index contributed by atoms with van der Waals surface area (Å²) in [6, 6.07) is 6.47. The van der Waals surface area contributed by atoms with Crippen molar-refractivity contribution in [2.75, 3.05) is 44.3 Å². The van der Waals surface area contributed by atoms with Crippen LogP contribution in [0.3, 0.4) is 0 Å². The highest BCUT2D eigenvalue weighted by Crippen LogP contribution is 2.21. The van der Waals surface area contributed by atoms with Gasteiger partial charge in [-0.2, -0.15) is 4.98 Å². The quantitative estimate of drug-likeness (QED) is 0.393. The van der Waals surface area contributed by atoms with Crippen LogP contribution in [0.4, 0.5) is 5.95 Å². The van der Waals surface area contributed by atoms with E-state index in [1.165, 1.54) is 11.6 Å². The number of hydrogen-bond donors (Lipinski definition) is 3. The zero-order valence-electron chi connectivity index (χ0n) is 18.9. The fourth-order valence-corrected chi connectivity index (χ4v) is 4.07. The van der Waals surface area contributed by atoms with E-state index in [1.54, 1.807) is 31.3 Å². The average molecular weight is 459 g/mol. The minimum atomic E-state index is -0.689. The topological polar surface area (TPSA) is 127 Å². The summed E-state index contributed by atoms with van der Waals surface area (Å²) in [6.07, 6.45) is 0.00212. The first kappa shape index (κ1) is 23.0. The molecular formula is C22H30N6O5. The van der Waals surface area contributed by atoms with Gasteiger partial charge in [-0.3, -0.25) is 13.9 Å². The maximum Gasteiger partial charge on any atom is 0.332 e. The number of aryl methyl sites for hydroxylation is 2. The van der Waals surface area contributed by atoms with Crippen LogP contribution in [0, 0.1) is 0 Å². The van der Waals surface area contributed by atoms with Crippen LogP contribution < -0.4 is 21.5 Å². The number of ether oxygens (including phenoxy) is 1. The number of aliphatic hydroxyl groups is 1. The van der Waals surface area contributed by atoms with Gasteiger partial charge in [0.05, 0.1) is 19.3 Å². The maximum atomic E-state index is 13.0. The molecule has 0 bridgehead atoms. The molecule has 1 fully saturated rings. The van der Waals surface area contributed by atoms with E-state index in [9.17, 15) is 19.8 Å². The minimum Gasteiger partial charge on any atom is -0.508 e. The van der Waals surface area contributed by atoms with Gasteiger partial charge in [-0.15, -0.1) is 0 Å². The summed E-state index contributed by atoms with van der Waals surface area (Å²) in [7, 11) is 3.10. The summed E-state index contributed by atoms with van der Waals surface area (Å²) in [5.41, 5.74) is 0.733. The molecular weight excluding hydrogens is 428 g/mol. The third kappa shape index (κ3) is 4.65. The maximum absolute atomic E-state index is 13.0. The zero-order chi connectivity index (χ0) is 23.5. The highest BCUT2D eigenvalue weighted by Gasteiger charge is 2.23. The Labute approximate surface area is 190 Å². The Balaban J connectivity index is 1.50. The predicted octanol–water partition coefficient (Wildman–Crippen LogP) is -0.311. The van der Waals surface area contributed by atoms with Crippen LogP contribution in [0.1, 0.15) is 18.1 Å². The molecule has 33 heavy (non-hydrogen) atoms. The van der Waals surface area contributed by atoms with E-state index in [0.717, 1.165) is 10.1 Å². The van der Waals surface area contributed by atoms with Crippen molar-refractivity contribution >= 4 is 17.1 Å². The lowest BCUT2D eigenvalue weighted by Gasteiger charge is -2.28. The number of aliphatic hydroxyl groups excluding tert-OH is 1. The molecule has 0 aliphatic carbocycles. The van der Waals surface area contributed by atoms with Crippen molar-refractivity contribution in [2.24, 2.45) is 14.1 Å². The average Bonchev–Trinajstić information content (AvgIpc) is 3.21. The van der Waals surface area contributed by atoms with E-state index in [2.05, 4.69) is 15.2 Å². The van der Waals surface area contributed by atoms with E-state index in [-0.39, 0.29) is 11.3 Å². The molecule has 0 amide bonds. The number of rotatable bonds is 8. The number of aromatic nitrogens is 4. The number of benzene rings is 1. The Morgan fingerprint density at radius 3 is 2.52 bits per heavy atom. The number of imidazole rings is 1. The smallest absolute Gasteiger partial charge is 0.332 e. The molecule has 3 heterocycles. The molecule has 11 nitrogen and oxygen atoms in total. The molecule has 1 aliphatic rings. The van der Waals surface area contributed by atoms with Crippen LogP contribution >= 0.6 is 0 Å². The molecule has 1 aromatic carbocycles. The fourth-order valence-electron chi connectivity index (χ4n) is 4.07. The summed E-state index contributed by atoms with van der Waals surface area (Å²) in [6.45, 7) is 3.99. The summed E-state index contributed by atoms with van der Waals surface area (Å²) in [5, 5.41) is 22.9. The van der Waals surface area contributed by atoms with Gasteiger partial charge in [0, 0.05) is 40.3 Å². The molecule has 0 unspecified atom stereocenters. The molecule has 3 aromatic rings. The lowest BCUT2D eigenvalue weighted by molar-refractivity contribution is 0.121. The lowest BCUT2D eigenvalue weighted by Crippen LogP contribution is -2.39. The van der Waals surface area contributed by atoms with Gasteiger partial charge >= 0.3 is 5.69 Å². The third-order valence-corrected chi connectivity index (χ3v) is 5.97. The van der Waals surface area contributed by atoms with E-state index >= 15 is 0 Å². The van der Waals surface area contributed by atoms with E-state index in [4.69, 9.17) is 4.74 Å². The Morgan fingerprint density at radius 2 is 1.82 bits per heavy atom. The Hall–Kier alpha value is -3.15. The first-order chi connectivity index (χ1) is 15.9. The van der Waals surface area contributed by atoms with Crippen LogP contribution in [-0.2, 0) is 25.4 Å². The SMILES string of the molecule is Cn1c(=O)c2c(nc(N3CCOCC3)n2CCCNC[C@H](O)c2ccc(O)cc2)n(C)c1=O. The second kappa shape index (κ2) is 9.77. The van der Waals surface area contributed by atoms with Crippen molar-refractivity contribution in [3.05, 3.63) is 50.7 Å². The van der Waals surface area contributed by atoms with Crippen molar-refractivity contribution in [1.29, 1.82) is 0 Å². The van der Waals surface area contributed by atoms with Crippen LogP contribution in [0.25, 0.3) is 11.2 Å². The van der Waals surface area contributed by atoms with E-state index < -0.39 is 11.8 Å². The number of nitrogens with zero attached hydrogens (tertiary/aromatic N) is 5. The zero-order valence-corrected chi connectivity index (χ0v) is 18.9. The number of phenolic OH excluding ortho intramolecular Hbond substituents is 1. The molecule has 4 rings (SSSR count). The fraction of sp³-hybridized carbons (Fsp3) is 0.500. The van der Waals surface area contributed by atoms with E-state index in [1.807, 2.05) is 4.57 Å². The number of nitrogens with one attached hydrogen (secondary N) is 1. The van der Waals surface area contributed by atoms with Crippen LogP contribution in [0.5, 0.6) is 5.75 Å². The first-order valence-corrected chi connectivity index (χ1v) is 11.0. The number of anilines is 1. The lowest BCUT2D eigenvalue weighted by atomic mass is 10.1. The van der Waals surface area contributed by atoms with Gasteiger partial charge < -0.3 is 29.7 Å². The predicted molar refractivity (Wildman–Crippen MR) is 124 cm³/mol. The normalized spacial score (nSPS) is 15.3. The summed E-state index contributed by atoms with van der Waals surface area (Å²) >= 11 is 0. The summed E-state index contributed by atoms with van der Waals surface area (Å²) in [4.78, 5) is 32.1. The molecule has 2 aromatic heterocycles. The summed E-state index contributed by atoms with van der Waals surface area (Å²) < 4.78 is 9.85. The molecule has 178 valence electrons. The van der Waals surface area contributed by atoms with Crippen LogP contribution in [-0.4, -0.2) is 68.3 Å². The van der Waals surface area contributed by atoms with Crippen LogP contribution in [0.2, 0.25) is 0 Å². The monoisotopic (exact) mass is 458 g/mol. The van der Waals surface area contributed by atoms with Crippen molar-refractivity contribution < 1.29 is 14.9 Å². The molecule has 0 spiro atoms. The highest BCUT2D eigenvalue weighted by atomic mass is 16.5. The standard InChI is InChI=1S/C22H30N6O5/c1-25-19-18(20(31)26(2)22(25)32)28(21(24-19)27-10-12-33-13-11-27)9-3-8-23-14-17(30)15-4-6-16(29)7-5-15/h4-7,17,23,29-30H,3,8-14H2,1-2H3/t17-/m0/s1. The van der Waals surface area contributed by atoms with Gasteiger partial charge in [-0.25, -0.2) is 4.79 Å². The second-order valence-electron chi connectivity index (χ2n) is 8.21. The molecule has 1 aliphatic heterocycles. The second-order valence-corrected chi connectivity index (χ2v) is 8.21. The van der Waals surface area contributed by atoms with Crippen LogP contribution in [0.15, 0.2) is 33.9 Å². The van der Waals surface area contributed by atoms with Crippen molar-refractivity contribution in [3.8, 4) is 5.75 Å². The number of aromatic hydroxyl groups is 1. The molecule has 3 N–H and O–H groups in total. The summed E-state index contributed by atoms with van der Waals surface area (Å²) in [5.74, 6) is 0.821. The highest BCUT2D eigenvalue weighted by molar-refractivity contribution is 5.74. The van der Waals surface area contributed by atoms with Gasteiger partial charge in [0.15, 0.2) is 11.2 Å². The third-order valence-electron chi connectivity index (χ3n) is 5.97. The number of morpholine rings is 1. The van der Waals surface area contributed by atoms with E-state index in [0.29, 0.717) is 69.5 Å². The van der Waals surface area contributed by atoms with Gasteiger partial charge in [-0.05, 0) is 30.7 Å². The van der Waals surface area contributed by atoms with Crippen molar-refractivity contribution in [2.45, 2.75) is 19.1 Å². The number of phenols is 1. The van der Waals surface area contributed by atoms with Gasteiger partial charge in [0.2, 0.25) is 5.95 Å². The number of hydrogen-bond acceptors (Lipinski definition) is 8. The molecule has 0 radical (unpaired) electrons. The first-order valence-electron chi connectivity index (χ1n) is 11.0. The molecule has 11 heteroatoms. The number of fused-ring (bicyclic) bond motifs is 1. The molecule has 1 atom stereocenters. The van der Waals surface area contributed by atoms with Gasteiger partial charge in [-0.1, -0.05) is 12.1 Å². The van der Waals surface area contributed by atoms with Crippen molar-refractivity contribution in [1.82, 2.24) is 24.0 Å². The Bertz CT molecular complexity index is 1220. The van der Waals surface area contributed by atoms with Gasteiger partial charge in [0.25, 0.3) is 5.56 Å². The van der Waals surface area contributed by atoms with Gasteiger partial charge in [0.1, 0.15) is 5.75 Å². The Kier molecular flexibility index (Phi) is 6.82. The Morgan fingerprint density at radius 1 is 1.12 bits per heavy atom. The minimum absolute atomic E-state index is 0.159.